The van der Waals surface area contributed by atoms with Crippen LogP contribution in [0.4, 0.5) is 11.4 Å². The molecule has 4 aromatic rings. The molecule has 0 bridgehead atoms. The van der Waals surface area contributed by atoms with Crippen LogP contribution in [0, 0.1) is 10.1 Å². The predicted molar refractivity (Wildman–Crippen MR) is 127 cm³/mol. The lowest BCUT2D eigenvalue weighted by Gasteiger charge is -2.22. The second-order valence-corrected chi connectivity index (χ2v) is 9.13. The maximum absolute atomic E-state index is 11.1. The Morgan fingerprint density at radius 2 is 1.39 bits per heavy atom. The number of phenolic OH excluding ortho intramolecular Hbond substituents is 1. The minimum atomic E-state index is -0.782. The Labute approximate surface area is 181 Å². The Balaban J connectivity index is 1.71. The molecular weight excluding hydrogens is 407 g/mol. The normalized spacial score (nSPS) is 10.7. The van der Waals surface area contributed by atoms with Crippen LogP contribution in [0.25, 0.3) is 0 Å². The smallest absolute Gasteiger partial charge is 0.271 e. The maximum atomic E-state index is 11.1. The van der Waals surface area contributed by atoms with Crippen LogP contribution in [-0.2, 0) is 6.54 Å². The molecule has 0 aliphatic carbocycles. The molecule has 0 atom stereocenters. The van der Waals surface area contributed by atoms with Gasteiger partial charge in [0, 0.05) is 18.7 Å². The third-order valence-electron chi connectivity index (χ3n) is 4.92. The highest BCUT2D eigenvalue weighted by Gasteiger charge is 2.19. The van der Waals surface area contributed by atoms with Gasteiger partial charge in [0.15, 0.2) is 0 Å². The Morgan fingerprint density at radius 1 is 0.806 bits per heavy atom. The van der Waals surface area contributed by atoms with Gasteiger partial charge in [0.05, 0.1) is 10.6 Å². The lowest BCUT2D eigenvalue weighted by Crippen LogP contribution is -2.24. The maximum Gasteiger partial charge on any atom is 0.271 e. The summed E-state index contributed by atoms with van der Waals surface area (Å²) >= 11 is 0. The highest BCUT2D eigenvalue weighted by Crippen LogP contribution is 2.34. The largest absolute Gasteiger partial charge is 0.506 e. The molecule has 0 fully saturated rings. The molecule has 0 unspecified atom stereocenters. The van der Waals surface area contributed by atoms with Gasteiger partial charge in [-0.25, -0.2) is 0 Å². The van der Waals surface area contributed by atoms with Crippen molar-refractivity contribution in [2.45, 2.75) is 6.54 Å². The number of aromatic hydroxyl groups is 1. The van der Waals surface area contributed by atoms with E-state index in [1.807, 2.05) is 24.3 Å². The molecule has 0 saturated heterocycles. The number of nitro benzene ring substituents is 1. The lowest BCUT2D eigenvalue weighted by atomic mass is 10.2. The van der Waals surface area contributed by atoms with Crippen LogP contribution in [0.5, 0.6) is 5.75 Å². The summed E-state index contributed by atoms with van der Waals surface area (Å²) in [5, 5.41) is 28.1. The number of phenols is 1. The average Bonchev–Trinajstić information content (AvgIpc) is 2.81. The number of hydrogen-bond acceptors (Lipinski definition) is 4. The Bertz CT molecular complexity index is 1140. The summed E-state index contributed by atoms with van der Waals surface area (Å²) < 4.78 is 0. The minimum absolute atomic E-state index is 0.0172. The zero-order valence-corrected chi connectivity index (χ0v) is 17.6. The van der Waals surface area contributed by atoms with Crippen LogP contribution >= 0.6 is 7.92 Å². The van der Waals surface area contributed by atoms with E-state index in [-0.39, 0.29) is 11.4 Å². The van der Waals surface area contributed by atoms with E-state index >= 15 is 0 Å². The summed E-state index contributed by atoms with van der Waals surface area (Å²) in [6.07, 6.45) is 0. The zero-order valence-electron chi connectivity index (χ0n) is 16.7. The van der Waals surface area contributed by atoms with E-state index in [9.17, 15) is 15.2 Å². The van der Waals surface area contributed by atoms with Crippen molar-refractivity contribution in [1.82, 2.24) is 0 Å². The van der Waals surface area contributed by atoms with Crippen molar-refractivity contribution in [1.29, 1.82) is 0 Å². The number of nitro groups is 1. The highest BCUT2D eigenvalue weighted by molar-refractivity contribution is 7.79. The number of nitrogens with one attached hydrogen (secondary N) is 1. The Kier molecular flexibility index (Phi) is 6.25. The van der Waals surface area contributed by atoms with Crippen LogP contribution in [0.1, 0.15) is 5.56 Å². The van der Waals surface area contributed by atoms with Crippen LogP contribution in [-0.4, -0.2) is 10.0 Å². The molecule has 4 aromatic carbocycles. The van der Waals surface area contributed by atoms with Gasteiger partial charge in [-0.1, -0.05) is 84.9 Å². The third-order valence-corrected chi connectivity index (χ3v) is 7.47. The number of anilines is 1. The molecule has 5 nitrogen and oxygen atoms in total. The van der Waals surface area contributed by atoms with E-state index in [2.05, 4.69) is 66.0 Å². The fourth-order valence-electron chi connectivity index (χ4n) is 3.43. The standard InChI is InChI=1S/C25H21N2O3P/c28-24-16-15-20(27(29)30)17-23(24)26-18-19-9-7-8-14-25(19)31(21-10-3-1-4-11-21)22-12-5-2-6-13-22/h1-17,26,28H,18H2. The summed E-state index contributed by atoms with van der Waals surface area (Å²) in [5.74, 6) is -0.0172. The molecule has 6 heteroatoms. The molecule has 154 valence electrons. The van der Waals surface area contributed by atoms with E-state index in [0.717, 1.165) is 5.56 Å². The minimum Gasteiger partial charge on any atom is -0.506 e. The molecular formula is C25H21N2O3P. The fourth-order valence-corrected chi connectivity index (χ4v) is 5.90. The van der Waals surface area contributed by atoms with Crippen molar-refractivity contribution in [3.05, 3.63) is 119 Å². The van der Waals surface area contributed by atoms with E-state index in [4.69, 9.17) is 0 Å². The van der Waals surface area contributed by atoms with Crippen molar-refractivity contribution in [2.75, 3.05) is 5.32 Å². The van der Waals surface area contributed by atoms with Crippen molar-refractivity contribution >= 4 is 35.2 Å². The molecule has 0 aliphatic heterocycles. The molecule has 0 aromatic heterocycles. The number of hydrogen-bond donors (Lipinski definition) is 2. The number of rotatable bonds is 7. The lowest BCUT2D eigenvalue weighted by molar-refractivity contribution is -0.384. The first kappa shape index (κ1) is 20.6. The third kappa shape index (κ3) is 4.73. The average molecular weight is 428 g/mol. The van der Waals surface area contributed by atoms with Gasteiger partial charge in [0.25, 0.3) is 5.69 Å². The van der Waals surface area contributed by atoms with Gasteiger partial charge >= 0.3 is 0 Å². The molecule has 0 saturated carbocycles. The summed E-state index contributed by atoms with van der Waals surface area (Å²) in [7, 11) is -0.782. The van der Waals surface area contributed by atoms with Crippen molar-refractivity contribution in [2.24, 2.45) is 0 Å². The molecule has 2 N–H and O–H groups in total. The van der Waals surface area contributed by atoms with Gasteiger partial charge in [0.1, 0.15) is 5.75 Å². The van der Waals surface area contributed by atoms with Gasteiger partial charge < -0.3 is 10.4 Å². The molecule has 0 heterocycles. The summed E-state index contributed by atoms with van der Waals surface area (Å²) in [4.78, 5) is 10.6. The first-order valence-corrected chi connectivity index (χ1v) is 11.2. The summed E-state index contributed by atoms with van der Waals surface area (Å²) in [6, 6.07) is 33.0. The summed E-state index contributed by atoms with van der Waals surface area (Å²) in [5.41, 5.74) is 1.35. The van der Waals surface area contributed by atoms with Gasteiger partial charge in [-0.3, -0.25) is 10.1 Å². The van der Waals surface area contributed by atoms with Crippen LogP contribution in [0.2, 0.25) is 0 Å². The topological polar surface area (TPSA) is 75.4 Å². The van der Waals surface area contributed by atoms with E-state index < -0.39 is 12.8 Å². The van der Waals surface area contributed by atoms with Gasteiger partial charge in [-0.2, -0.15) is 0 Å². The number of non-ortho nitro benzene ring substituents is 1. The number of nitrogens with zero attached hydrogens (tertiary/aromatic N) is 1. The van der Waals surface area contributed by atoms with Gasteiger partial charge in [-0.05, 0) is 35.5 Å². The van der Waals surface area contributed by atoms with Crippen molar-refractivity contribution in [3.8, 4) is 5.75 Å². The molecule has 31 heavy (non-hydrogen) atoms. The quantitative estimate of drug-likeness (QED) is 0.194. The van der Waals surface area contributed by atoms with Gasteiger partial charge in [0.2, 0.25) is 0 Å². The Morgan fingerprint density at radius 3 is 2.00 bits per heavy atom. The molecule has 0 spiro atoms. The Hall–Kier alpha value is -3.69. The monoisotopic (exact) mass is 428 g/mol. The van der Waals surface area contributed by atoms with E-state index in [1.165, 1.54) is 34.1 Å². The molecule has 0 amide bonds. The SMILES string of the molecule is O=[N+]([O-])c1ccc(O)c(NCc2ccccc2P(c2ccccc2)c2ccccc2)c1. The fraction of sp³-hybridized carbons (Fsp3) is 0.0400. The van der Waals surface area contributed by atoms with Crippen molar-refractivity contribution < 1.29 is 10.0 Å². The second-order valence-electron chi connectivity index (χ2n) is 6.95. The first-order valence-electron chi connectivity index (χ1n) is 9.83. The predicted octanol–water partition coefficient (Wildman–Crippen LogP) is 4.67. The highest BCUT2D eigenvalue weighted by atomic mass is 31.1. The molecule has 4 rings (SSSR count). The second kappa shape index (κ2) is 9.41. The summed E-state index contributed by atoms with van der Waals surface area (Å²) in [6.45, 7) is 0.434. The van der Waals surface area contributed by atoms with E-state index in [0.29, 0.717) is 12.2 Å². The first-order chi connectivity index (χ1) is 15.1. The van der Waals surface area contributed by atoms with Crippen LogP contribution in [0.3, 0.4) is 0 Å². The van der Waals surface area contributed by atoms with Crippen LogP contribution in [0.15, 0.2) is 103 Å². The van der Waals surface area contributed by atoms with E-state index in [1.54, 1.807) is 0 Å². The van der Waals surface area contributed by atoms with Crippen molar-refractivity contribution in [3.63, 3.8) is 0 Å². The number of benzene rings is 4. The zero-order chi connectivity index (χ0) is 21.6. The molecule has 0 radical (unpaired) electrons. The van der Waals surface area contributed by atoms with Gasteiger partial charge in [-0.15, -0.1) is 0 Å². The molecule has 0 aliphatic rings. The van der Waals surface area contributed by atoms with Crippen LogP contribution < -0.4 is 21.2 Å².